The van der Waals surface area contributed by atoms with Crippen LogP contribution >= 0.6 is 0 Å². The first-order valence-electron chi connectivity index (χ1n) is 7.06. The highest BCUT2D eigenvalue weighted by molar-refractivity contribution is 6.00. The third-order valence-electron chi connectivity index (χ3n) is 3.12. The third kappa shape index (κ3) is 3.55. The number of aliphatic hydroxyl groups excluding tert-OH is 1. The highest BCUT2D eigenvalue weighted by Crippen LogP contribution is 2.19. The number of nitrogens with one attached hydrogen (secondary N) is 2. The lowest BCUT2D eigenvalue weighted by Crippen LogP contribution is -2.20. The van der Waals surface area contributed by atoms with Crippen molar-refractivity contribution >= 4 is 17.4 Å². The van der Waals surface area contributed by atoms with Gasteiger partial charge in [0.05, 0.1) is 36.4 Å². The van der Waals surface area contributed by atoms with E-state index in [1.165, 1.54) is 6.20 Å². The summed E-state index contributed by atoms with van der Waals surface area (Å²) in [6, 6.07) is 8.80. The van der Waals surface area contributed by atoms with E-state index in [2.05, 4.69) is 20.8 Å². The Morgan fingerprint density at radius 3 is 2.83 bits per heavy atom. The lowest BCUT2D eigenvalue weighted by molar-refractivity contribution is 0.262. The van der Waals surface area contributed by atoms with Gasteiger partial charge in [0, 0.05) is 18.6 Å². The Hall–Kier alpha value is -3.13. The maximum atomic E-state index is 12.1. The molecule has 118 valence electrons. The van der Waals surface area contributed by atoms with Crippen LogP contribution in [-0.4, -0.2) is 37.3 Å². The van der Waals surface area contributed by atoms with Gasteiger partial charge in [0.2, 0.25) is 0 Å². The molecule has 0 saturated heterocycles. The molecule has 0 aliphatic carbocycles. The summed E-state index contributed by atoms with van der Waals surface area (Å²) in [6.07, 6.45) is 6.65. The number of hydrogen-bond acceptors (Lipinski definition) is 4. The van der Waals surface area contributed by atoms with Gasteiger partial charge in [0.15, 0.2) is 0 Å². The molecule has 0 radical (unpaired) electrons. The molecule has 3 aromatic rings. The van der Waals surface area contributed by atoms with Crippen LogP contribution in [0.1, 0.15) is 0 Å². The van der Waals surface area contributed by atoms with Crippen LogP contribution in [0.4, 0.5) is 16.2 Å². The van der Waals surface area contributed by atoms with Gasteiger partial charge in [-0.1, -0.05) is 12.1 Å². The summed E-state index contributed by atoms with van der Waals surface area (Å²) < 4.78 is 3.22. The van der Waals surface area contributed by atoms with Gasteiger partial charge >= 0.3 is 6.03 Å². The van der Waals surface area contributed by atoms with Crippen LogP contribution in [0, 0.1) is 0 Å². The number of carbonyl (C=O) groups excluding carboxylic acids is 1. The molecule has 3 N–H and O–H groups in total. The molecule has 0 fully saturated rings. The number of para-hydroxylation sites is 2. The van der Waals surface area contributed by atoms with Crippen LogP contribution in [0.2, 0.25) is 0 Å². The third-order valence-corrected chi connectivity index (χ3v) is 3.12. The number of carbonyl (C=O) groups is 1. The molecule has 0 aliphatic heterocycles. The molecule has 0 bridgehead atoms. The fraction of sp³-hybridized carbons (Fsp3) is 0.133. The minimum Gasteiger partial charge on any atom is -0.394 e. The maximum Gasteiger partial charge on any atom is 0.323 e. The molecular formula is C15H16N6O2. The normalized spacial score (nSPS) is 10.5. The summed E-state index contributed by atoms with van der Waals surface area (Å²) in [4.78, 5) is 12.1. The number of urea groups is 1. The molecular weight excluding hydrogens is 296 g/mol. The van der Waals surface area contributed by atoms with Crippen molar-refractivity contribution in [2.75, 3.05) is 17.2 Å². The van der Waals surface area contributed by atoms with E-state index in [1.54, 1.807) is 34.0 Å². The van der Waals surface area contributed by atoms with Gasteiger partial charge in [-0.15, -0.1) is 0 Å². The van der Waals surface area contributed by atoms with E-state index >= 15 is 0 Å². The van der Waals surface area contributed by atoms with Crippen LogP contribution in [-0.2, 0) is 6.54 Å². The SMILES string of the molecule is O=C(Nc1cnn(CCO)c1)Nc1ccccc1-n1cccn1. The van der Waals surface area contributed by atoms with Gasteiger partial charge < -0.3 is 15.7 Å². The molecule has 2 aromatic heterocycles. The predicted molar refractivity (Wildman–Crippen MR) is 85.5 cm³/mol. The van der Waals surface area contributed by atoms with E-state index in [4.69, 9.17) is 5.11 Å². The Morgan fingerprint density at radius 2 is 2.04 bits per heavy atom. The van der Waals surface area contributed by atoms with E-state index in [9.17, 15) is 4.79 Å². The van der Waals surface area contributed by atoms with Gasteiger partial charge in [0.25, 0.3) is 0 Å². The first-order valence-corrected chi connectivity index (χ1v) is 7.06. The van der Waals surface area contributed by atoms with Crippen LogP contribution in [0.5, 0.6) is 0 Å². The summed E-state index contributed by atoms with van der Waals surface area (Å²) in [7, 11) is 0. The molecule has 2 heterocycles. The average Bonchev–Trinajstić information content (AvgIpc) is 3.20. The Labute approximate surface area is 132 Å². The molecule has 1 aromatic carbocycles. The number of amides is 2. The Balaban J connectivity index is 1.70. The topological polar surface area (TPSA) is 97.0 Å². The van der Waals surface area contributed by atoms with Crippen molar-refractivity contribution in [1.29, 1.82) is 0 Å². The first-order chi connectivity index (χ1) is 11.3. The predicted octanol–water partition coefficient (Wildman–Crippen LogP) is 1.71. The minimum atomic E-state index is -0.381. The zero-order chi connectivity index (χ0) is 16.1. The lowest BCUT2D eigenvalue weighted by Gasteiger charge is -2.11. The lowest BCUT2D eigenvalue weighted by atomic mass is 10.2. The van der Waals surface area contributed by atoms with Crippen molar-refractivity contribution in [3.63, 3.8) is 0 Å². The summed E-state index contributed by atoms with van der Waals surface area (Å²) >= 11 is 0. The van der Waals surface area contributed by atoms with E-state index in [1.807, 2.05) is 24.3 Å². The van der Waals surface area contributed by atoms with Gasteiger partial charge in [-0.25, -0.2) is 9.48 Å². The van der Waals surface area contributed by atoms with Crippen molar-refractivity contribution in [1.82, 2.24) is 19.6 Å². The number of anilines is 2. The van der Waals surface area contributed by atoms with Crippen LogP contribution in [0.3, 0.4) is 0 Å². The summed E-state index contributed by atoms with van der Waals surface area (Å²) in [5.41, 5.74) is 1.95. The van der Waals surface area contributed by atoms with Crippen LogP contribution in [0.15, 0.2) is 55.1 Å². The highest BCUT2D eigenvalue weighted by atomic mass is 16.3. The molecule has 0 spiro atoms. The van der Waals surface area contributed by atoms with Crippen LogP contribution < -0.4 is 10.6 Å². The average molecular weight is 312 g/mol. The summed E-state index contributed by atoms with van der Waals surface area (Å²) in [5, 5.41) is 22.5. The quantitative estimate of drug-likeness (QED) is 0.668. The minimum absolute atomic E-state index is 0.00936. The van der Waals surface area contributed by atoms with Crippen LogP contribution in [0.25, 0.3) is 5.69 Å². The van der Waals surface area contributed by atoms with Crippen molar-refractivity contribution in [2.45, 2.75) is 6.54 Å². The molecule has 0 saturated carbocycles. The molecule has 0 unspecified atom stereocenters. The zero-order valence-corrected chi connectivity index (χ0v) is 12.3. The van der Waals surface area contributed by atoms with E-state index < -0.39 is 0 Å². The van der Waals surface area contributed by atoms with Gasteiger partial charge in [-0.2, -0.15) is 10.2 Å². The molecule has 2 amide bonds. The van der Waals surface area contributed by atoms with E-state index in [0.717, 1.165) is 5.69 Å². The Bertz CT molecular complexity index is 781. The summed E-state index contributed by atoms with van der Waals surface area (Å²) in [5.74, 6) is 0. The maximum absolute atomic E-state index is 12.1. The van der Waals surface area contributed by atoms with Crippen molar-refractivity contribution < 1.29 is 9.90 Å². The molecule has 3 rings (SSSR count). The molecule has 23 heavy (non-hydrogen) atoms. The number of aromatic nitrogens is 4. The van der Waals surface area contributed by atoms with Gasteiger partial charge in [-0.05, 0) is 18.2 Å². The Morgan fingerprint density at radius 1 is 1.17 bits per heavy atom. The fourth-order valence-corrected chi connectivity index (χ4v) is 2.13. The van der Waals surface area contributed by atoms with Crippen molar-refractivity contribution in [2.24, 2.45) is 0 Å². The fourth-order valence-electron chi connectivity index (χ4n) is 2.13. The molecule has 0 atom stereocenters. The Kier molecular flexibility index (Phi) is 4.34. The molecule has 8 nitrogen and oxygen atoms in total. The number of benzene rings is 1. The largest absolute Gasteiger partial charge is 0.394 e. The molecule has 0 aliphatic rings. The van der Waals surface area contributed by atoms with E-state index in [-0.39, 0.29) is 12.6 Å². The van der Waals surface area contributed by atoms with Crippen molar-refractivity contribution in [3.8, 4) is 5.69 Å². The van der Waals surface area contributed by atoms with Gasteiger partial charge in [0.1, 0.15) is 0 Å². The standard InChI is InChI=1S/C15H16N6O2/c22-9-8-20-11-12(10-17-20)18-15(23)19-13-4-1-2-5-14(13)21-7-3-6-16-21/h1-7,10-11,22H,8-9H2,(H2,18,19,23). The number of nitrogens with zero attached hydrogens (tertiary/aromatic N) is 4. The number of aliphatic hydroxyl groups is 1. The first kappa shape index (κ1) is 14.8. The van der Waals surface area contributed by atoms with Crippen molar-refractivity contribution in [3.05, 3.63) is 55.1 Å². The monoisotopic (exact) mass is 312 g/mol. The van der Waals surface area contributed by atoms with Gasteiger partial charge in [-0.3, -0.25) is 4.68 Å². The highest BCUT2D eigenvalue weighted by Gasteiger charge is 2.09. The second-order valence-electron chi connectivity index (χ2n) is 4.76. The number of hydrogen-bond donors (Lipinski definition) is 3. The van der Waals surface area contributed by atoms with E-state index in [0.29, 0.717) is 17.9 Å². The zero-order valence-electron chi connectivity index (χ0n) is 12.3. The smallest absolute Gasteiger partial charge is 0.323 e. The number of rotatable bonds is 5. The summed E-state index contributed by atoms with van der Waals surface area (Å²) in [6.45, 7) is 0.371. The second-order valence-corrected chi connectivity index (χ2v) is 4.76. The second kappa shape index (κ2) is 6.75. The molecule has 8 heteroatoms.